The highest BCUT2D eigenvalue weighted by molar-refractivity contribution is 5.68. The van der Waals surface area contributed by atoms with Crippen molar-refractivity contribution >= 4 is 5.97 Å². The molecule has 15 heavy (non-hydrogen) atoms. The molecule has 1 rings (SSSR count). The van der Waals surface area contributed by atoms with E-state index >= 15 is 0 Å². The molecule has 0 saturated carbocycles. The molecule has 88 valence electrons. The van der Waals surface area contributed by atoms with Gasteiger partial charge in [-0.3, -0.25) is 9.69 Å². The van der Waals surface area contributed by atoms with E-state index in [1.807, 2.05) is 6.92 Å². The zero-order chi connectivity index (χ0) is 11.3. The van der Waals surface area contributed by atoms with Crippen LogP contribution in [0.5, 0.6) is 0 Å². The van der Waals surface area contributed by atoms with Crippen molar-refractivity contribution in [3.05, 3.63) is 0 Å². The van der Waals surface area contributed by atoms with Crippen molar-refractivity contribution in [1.29, 1.82) is 0 Å². The SMILES string of the molecule is COCCC(C)(CC(=O)O)N1CCCC1. The molecule has 1 heterocycles. The van der Waals surface area contributed by atoms with Crippen molar-refractivity contribution in [2.45, 2.75) is 38.1 Å². The van der Waals surface area contributed by atoms with Gasteiger partial charge in [-0.05, 0) is 39.3 Å². The molecule has 0 aromatic carbocycles. The molecule has 1 saturated heterocycles. The summed E-state index contributed by atoms with van der Waals surface area (Å²) < 4.78 is 5.06. The van der Waals surface area contributed by atoms with Gasteiger partial charge in [0.2, 0.25) is 0 Å². The molecule has 0 aliphatic carbocycles. The van der Waals surface area contributed by atoms with Gasteiger partial charge < -0.3 is 9.84 Å². The number of aliphatic carboxylic acids is 1. The highest BCUT2D eigenvalue weighted by Gasteiger charge is 2.35. The minimum absolute atomic E-state index is 0.205. The molecule has 0 radical (unpaired) electrons. The Morgan fingerprint density at radius 3 is 2.53 bits per heavy atom. The number of likely N-dealkylation sites (tertiary alicyclic amines) is 1. The Kier molecular flexibility index (Phi) is 4.54. The Labute approximate surface area is 91.2 Å². The van der Waals surface area contributed by atoms with Crippen LogP contribution in [0.4, 0.5) is 0 Å². The maximum Gasteiger partial charge on any atom is 0.305 e. The van der Waals surface area contributed by atoms with Crippen LogP contribution in [0.25, 0.3) is 0 Å². The predicted molar refractivity (Wildman–Crippen MR) is 58.0 cm³/mol. The van der Waals surface area contributed by atoms with Gasteiger partial charge in [0.15, 0.2) is 0 Å². The van der Waals surface area contributed by atoms with Crippen LogP contribution >= 0.6 is 0 Å². The van der Waals surface area contributed by atoms with Crippen molar-refractivity contribution in [3.63, 3.8) is 0 Å². The summed E-state index contributed by atoms with van der Waals surface area (Å²) in [6, 6.07) is 0. The van der Waals surface area contributed by atoms with Crippen LogP contribution in [0.1, 0.15) is 32.6 Å². The van der Waals surface area contributed by atoms with Crippen LogP contribution < -0.4 is 0 Å². The fourth-order valence-corrected chi connectivity index (χ4v) is 2.26. The number of nitrogens with zero attached hydrogens (tertiary/aromatic N) is 1. The van der Waals surface area contributed by atoms with E-state index in [2.05, 4.69) is 4.90 Å². The van der Waals surface area contributed by atoms with Crippen molar-refractivity contribution in [3.8, 4) is 0 Å². The van der Waals surface area contributed by atoms with Gasteiger partial charge in [-0.1, -0.05) is 0 Å². The van der Waals surface area contributed by atoms with Gasteiger partial charge in [-0.15, -0.1) is 0 Å². The maximum absolute atomic E-state index is 10.9. The van der Waals surface area contributed by atoms with E-state index in [0.29, 0.717) is 6.61 Å². The molecule has 0 aromatic heterocycles. The van der Waals surface area contributed by atoms with E-state index in [1.165, 1.54) is 12.8 Å². The summed E-state index contributed by atoms with van der Waals surface area (Å²) in [6.45, 7) is 4.70. The van der Waals surface area contributed by atoms with E-state index in [1.54, 1.807) is 7.11 Å². The van der Waals surface area contributed by atoms with Crippen LogP contribution in [0.3, 0.4) is 0 Å². The lowest BCUT2D eigenvalue weighted by Crippen LogP contribution is -2.47. The Bertz CT molecular complexity index is 214. The predicted octanol–water partition coefficient (Wildman–Crippen LogP) is 1.35. The molecular formula is C11H21NO3. The second kappa shape index (κ2) is 5.47. The lowest BCUT2D eigenvalue weighted by Gasteiger charge is -2.37. The molecular weight excluding hydrogens is 194 g/mol. The van der Waals surface area contributed by atoms with Gasteiger partial charge >= 0.3 is 5.97 Å². The molecule has 0 spiro atoms. The fourth-order valence-electron chi connectivity index (χ4n) is 2.26. The van der Waals surface area contributed by atoms with E-state index < -0.39 is 5.97 Å². The number of methoxy groups -OCH3 is 1. The Hall–Kier alpha value is -0.610. The summed E-state index contributed by atoms with van der Waals surface area (Å²) in [5, 5.41) is 8.94. The zero-order valence-corrected chi connectivity index (χ0v) is 9.66. The van der Waals surface area contributed by atoms with Crippen molar-refractivity contribution < 1.29 is 14.6 Å². The summed E-state index contributed by atoms with van der Waals surface area (Å²) in [4.78, 5) is 13.2. The average molecular weight is 215 g/mol. The van der Waals surface area contributed by atoms with Gasteiger partial charge in [-0.2, -0.15) is 0 Å². The third-order valence-electron chi connectivity index (χ3n) is 3.25. The van der Waals surface area contributed by atoms with Gasteiger partial charge in [0.25, 0.3) is 0 Å². The topological polar surface area (TPSA) is 49.8 Å². The minimum Gasteiger partial charge on any atom is -0.481 e. The Morgan fingerprint density at radius 2 is 2.07 bits per heavy atom. The minimum atomic E-state index is -0.722. The van der Waals surface area contributed by atoms with E-state index in [0.717, 1.165) is 19.5 Å². The molecule has 1 unspecified atom stereocenters. The molecule has 1 aliphatic rings. The van der Waals surface area contributed by atoms with E-state index in [9.17, 15) is 4.79 Å². The van der Waals surface area contributed by atoms with Crippen molar-refractivity contribution in [2.24, 2.45) is 0 Å². The number of carbonyl (C=O) groups is 1. The first kappa shape index (κ1) is 12.5. The first-order valence-corrected chi connectivity index (χ1v) is 5.54. The monoisotopic (exact) mass is 215 g/mol. The summed E-state index contributed by atoms with van der Waals surface area (Å²) in [5.41, 5.74) is -0.238. The molecule has 1 aliphatic heterocycles. The number of hydrogen-bond donors (Lipinski definition) is 1. The van der Waals surface area contributed by atoms with Crippen LogP contribution in [0.15, 0.2) is 0 Å². The Balaban J connectivity index is 2.60. The second-order valence-corrected chi connectivity index (χ2v) is 4.50. The summed E-state index contributed by atoms with van der Waals surface area (Å²) in [6.07, 6.45) is 3.36. The molecule has 1 N–H and O–H groups in total. The van der Waals surface area contributed by atoms with Crippen LogP contribution in [0.2, 0.25) is 0 Å². The number of carboxylic acid groups (broad SMARTS) is 1. The zero-order valence-electron chi connectivity index (χ0n) is 9.66. The van der Waals surface area contributed by atoms with Crippen molar-refractivity contribution in [2.75, 3.05) is 26.8 Å². The number of rotatable bonds is 6. The van der Waals surface area contributed by atoms with Gasteiger partial charge in [0.05, 0.1) is 6.42 Å². The van der Waals surface area contributed by atoms with E-state index in [-0.39, 0.29) is 12.0 Å². The number of carboxylic acids is 1. The van der Waals surface area contributed by atoms with Crippen molar-refractivity contribution in [1.82, 2.24) is 4.90 Å². The first-order valence-electron chi connectivity index (χ1n) is 5.54. The molecule has 0 bridgehead atoms. The summed E-state index contributed by atoms with van der Waals surface area (Å²) >= 11 is 0. The molecule has 0 amide bonds. The van der Waals surface area contributed by atoms with Crippen LogP contribution in [-0.2, 0) is 9.53 Å². The normalized spacial score (nSPS) is 21.5. The summed E-state index contributed by atoms with van der Waals surface area (Å²) in [7, 11) is 1.66. The largest absolute Gasteiger partial charge is 0.481 e. The smallest absolute Gasteiger partial charge is 0.305 e. The summed E-state index contributed by atoms with van der Waals surface area (Å²) in [5.74, 6) is -0.722. The highest BCUT2D eigenvalue weighted by atomic mass is 16.5. The standard InChI is InChI=1S/C11H21NO3/c1-11(5-8-15-2,9-10(13)14)12-6-3-4-7-12/h3-9H2,1-2H3,(H,13,14). The molecule has 1 fully saturated rings. The number of hydrogen-bond acceptors (Lipinski definition) is 3. The molecule has 4 nitrogen and oxygen atoms in total. The van der Waals surface area contributed by atoms with Crippen LogP contribution in [-0.4, -0.2) is 48.3 Å². The first-order chi connectivity index (χ1) is 7.08. The lowest BCUT2D eigenvalue weighted by atomic mass is 9.92. The number of ether oxygens (including phenoxy) is 1. The molecule has 0 aromatic rings. The third kappa shape index (κ3) is 3.47. The fraction of sp³-hybridized carbons (Fsp3) is 0.909. The molecule has 4 heteroatoms. The maximum atomic E-state index is 10.9. The van der Waals surface area contributed by atoms with Gasteiger partial charge in [-0.25, -0.2) is 0 Å². The van der Waals surface area contributed by atoms with Gasteiger partial charge in [0.1, 0.15) is 0 Å². The average Bonchev–Trinajstić information content (AvgIpc) is 2.66. The quantitative estimate of drug-likeness (QED) is 0.726. The highest BCUT2D eigenvalue weighted by Crippen LogP contribution is 2.27. The van der Waals surface area contributed by atoms with Gasteiger partial charge in [0, 0.05) is 19.3 Å². The third-order valence-corrected chi connectivity index (χ3v) is 3.25. The lowest BCUT2D eigenvalue weighted by molar-refractivity contribution is -0.140. The molecule has 1 atom stereocenters. The van der Waals surface area contributed by atoms with E-state index in [4.69, 9.17) is 9.84 Å². The second-order valence-electron chi connectivity index (χ2n) is 4.50. The Morgan fingerprint density at radius 1 is 1.47 bits per heavy atom. The van der Waals surface area contributed by atoms with Crippen LogP contribution in [0, 0.1) is 0 Å².